The number of ether oxygens (including phenoxy) is 1. The molecule has 1 fully saturated rings. The van der Waals surface area contributed by atoms with Crippen LogP contribution in [0.1, 0.15) is 18.9 Å². The van der Waals surface area contributed by atoms with Crippen LogP contribution in [0.2, 0.25) is 5.22 Å². The van der Waals surface area contributed by atoms with E-state index in [0.29, 0.717) is 17.9 Å². The molecular weight excluding hydrogens is 178 g/mol. The fourth-order valence-corrected chi connectivity index (χ4v) is 1.38. The van der Waals surface area contributed by atoms with Crippen LogP contribution in [0.15, 0.2) is 16.5 Å². The van der Waals surface area contributed by atoms with Crippen LogP contribution in [0.5, 0.6) is 0 Å². The molecule has 1 aromatic rings. The van der Waals surface area contributed by atoms with Gasteiger partial charge in [0.25, 0.3) is 0 Å². The van der Waals surface area contributed by atoms with Gasteiger partial charge in [-0.25, -0.2) is 0 Å². The Hall–Kier alpha value is -0.510. The van der Waals surface area contributed by atoms with Gasteiger partial charge in [-0.2, -0.15) is 0 Å². The summed E-state index contributed by atoms with van der Waals surface area (Å²) >= 11 is 5.63. The number of halogens is 1. The van der Waals surface area contributed by atoms with E-state index in [2.05, 4.69) is 12.2 Å². The zero-order valence-corrected chi connectivity index (χ0v) is 7.47. The van der Waals surface area contributed by atoms with Crippen molar-refractivity contribution in [3.63, 3.8) is 0 Å². The summed E-state index contributed by atoms with van der Waals surface area (Å²) in [5.74, 6) is 0.740. The minimum atomic E-state index is -0.132. The first-order valence-corrected chi connectivity index (χ1v) is 4.26. The minimum absolute atomic E-state index is 0.132. The van der Waals surface area contributed by atoms with Crippen LogP contribution < -0.4 is 5.32 Å². The highest BCUT2D eigenvalue weighted by Crippen LogP contribution is 2.24. The van der Waals surface area contributed by atoms with Crippen molar-refractivity contribution < 1.29 is 9.15 Å². The van der Waals surface area contributed by atoms with E-state index in [1.54, 1.807) is 6.07 Å². The van der Waals surface area contributed by atoms with Crippen molar-refractivity contribution >= 4 is 11.6 Å². The molecule has 0 aliphatic carbocycles. The first-order valence-electron chi connectivity index (χ1n) is 3.88. The predicted octanol–water partition coefficient (Wildman–Crippen LogP) is 1.94. The molecule has 2 atom stereocenters. The molecule has 0 amide bonds. The van der Waals surface area contributed by atoms with E-state index in [1.165, 1.54) is 0 Å². The molecule has 0 spiro atoms. The molecule has 1 aromatic heterocycles. The number of rotatable bonds is 1. The standard InChI is InChI=1S/C8H10ClNO2/c1-5-4-11-8(10-5)6-2-3-7(9)12-6/h2-3,5,8,10H,4H2,1H3. The molecular formula is C8H10ClNO2. The molecule has 4 heteroatoms. The highest BCUT2D eigenvalue weighted by atomic mass is 35.5. The summed E-state index contributed by atoms with van der Waals surface area (Å²) in [6.07, 6.45) is -0.132. The molecule has 3 nitrogen and oxygen atoms in total. The third kappa shape index (κ3) is 1.48. The first kappa shape index (κ1) is 8.10. The Morgan fingerprint density at radius 1 is 1.58 bits per heavy atom. The number of hydrogen-bond donors (Lipinski definition) is 1. The van der Waals surface area contributed by atoms with Crippen LogP contribution in [0.4, 0.5) is 0 Å². The molecule has 2 heterocycles. The SMILES string of the molecule is CC1COC(c2ccc(Cl)o2)N1. The van der Waals surface area contributed by atoms with Crippen LogP contribution in [-0.4, -0.2) is 12.6 Å². The van der Waals surface area contributed by atoms with Crippen molar-refractivity contribution in [2.24, 2.45) is 0 Å². The van der Waals surface area contributed by atoms with Gasteiger partial charge in [-0.15, -0.1) is 0 Å². The second-order valence-electron chi connectivity index (χ2n) is 2.92. The third-order valence-corrected chi connectivity index (χ3v) is 2.00. The van der Waals surface area contributed by atoms with Crippen molar-refractivity contribution in [2.45, 2.75) is 19.2 Å². The average molecular weight is 188 g/mol. The van der Waals surface area contributed by atoms with Gasteiger partial charge in [0.15, 0.2) is 11.4 Å². The van der Waals surface area contributed by atoms with Gasteiger partial charge in [-0.05, 0) is 30.7 Å². The monoisotopic (exact) mass is 187 g/mol. The summed E-state index contributed by atoms with van der Waals surface area (Å²) in [5, 5.41) is 3.61. The van der Waals surface area contributed by atoms with Crippen LogP contribution in [0.3, 0.4) is 0 Å². The second kappa shape index (κ2) is 3.09. The Morgan fingerprint density at radius 2 is 2.42 bits per heavy atom. The Morgan fingerprint density at radius 3 is 2.92 bits per heavy atom. The highest BCUT2D eigenvalue weighted by Gasteiger charge is 2.24. The fraction of sp³-hybridized carbons (Fsp3) is 0.500. The zero-order valence-electron chi connectivity index (χ0n) is 6.71. The molecule has 1 aliphatic heterocycles. The van der Waals surface area contributed by atoms with Gasteiger partial charge in [-0.1, -0.05) is 0 Å². The first-order chi connectivity index (χ1) is 5.75. The molecule has 66 valence electrons. The minimum Gasteiger partial charge on any atom is -0.445 e. The van der Waals surface area contributed by atoms with Crippen molar-refractivity contribution in [3.8, 4) is 0 Å². The van der Waals surface area contributed by atoms with Crippen LogP contribution >= 0.6 is 11.6 Å². The third-order valence-electron chi connectivity index (χ3n) is 1.80. The van der Waals surface area contributed by atoms with E-state index >= 15 is 0 Å². The zero-order chi connectivity index (χ0) is 8.55. The van der Waals surface area contributed by atoms with Crippen LogP contribution in [0, 0.1) is 0 Å². The van der Waals surface area contributed by atoms with E-state index in [4.69, 9.17) is 20.8 Å². The van der Waals surface area contributed by atoms with Crippen molar-refractivity contribution in [2.75, 3.05) is 6.61 Å². The predicted molar refractivity (Wildman–Crippen MR) is 45.0 cm³/mol. The Balaban J connectivity index is 2.11. The van der Waals surface area contributed by atoms with Crippen LogP contribution in [-0.2, 0) is 4.74 Å². The second-order valence-corrected chi connectivity index (χ2v) is 3.30. The van der Waals surface area contributed by atoms with Crippen molar-refractivity contribution in [1.82, 2.24) is 5.32 Å². The van der Waals surface area contributed by atoms with Gasteiger partial charge in [0, 0.05) is 6.04 Å². The fourth-order valence-electron chi connectivity index (χ4n) is 1.23. The summed E-state index contributed by atoms with van der Waals surface area (Å²) in [6.45, 7) is 2.77. The average Bonchev–Trinajstić information content (AvgIpc) is 2.58. The van der Waals surface area contributed by atoms with Gasteiger partial charge >= 0.3 is 0 Å². The molecule has 0 saturated carbocycles. The molecule has 0 radical (unpaired) electrons. The summed E-state index contributed by atoms with van der Waals surface area (Å²) < 4.78 is 10.6. The van der Waals surface area contributed by atoms with Crippen molar-refractivity contribution in [1.29, 1.82) is 0 Å². The van der Waals surface area contributed by atoms with Crippen LogP contribution in [0.25, 0.3) is 0 Å². The van der Waals surface area contributed by atoms with Gasteiger partial charge in [-0.3, -0.25) is 5.32 Å². The Kier molecular flexibility index (Phi) is 2.09. The summed E-state index contributed by atoms with van der Waals surface area (Å²) in [4.78, 5) is 0. The lowest BCUT2D eigenvalue weighted by atomic mass is 10.3. The lowest BCUT2D eigenvalue weighted by molar-refractivity contribution is 0.0827. The summed E-state index contributed by atoms with van der Waals surface area (Å²) in [5.41, 5.74) is 0. The molecule has 0 bridgehead atoms. The smallest absolute Gasteiger partial charge is 0.193 e. The normalized spacial score (nSPS) is 29.5. The molecule has 2 unspecified atom stereocenters. The van der Waals surface area contributed by atoms with Gasteiger partial charge in [0.2, 0.25) is 0 Å². The number of furan rings is 1. The molecule has 12 heavy (non-hydrogen) atoms. The van der Waals surface area contributed by atoms with E-state index in [0.717, 1.165) is 5.76 Å². The van der Waals surface area contributed by atoms with E-state index in [-0.39, 0.29) is 6.23 Å². The Bertz CT molecular complexity index is 274. The maximum Gasteiger partial charge on any atom is 0.193 e. The maximum absolute atomic E-state index is 5.63. The van der Waals surface area contributed by atoms with Gasteiger partial charge in [0.1, 0.15) is 5.76 Å². The molecule has 2 rings (SSSR count). The summed E-state index contributed by atoms with van der Waals surface area (Å²) in [6, 6.07) is 3.90. The maximum atomic E-state index is 5.63. The largest absolute Gasteiger partial charge is 0.445 e. The lowest BCUT2D eigenvalue weighted by Crippen LogP contribution is -2.21. The van der Waals surface area contributed by atoms with Crippen molar-refractivity contribution in [3.05, 3.63) is 23.1 Å². The highest BCUT2D eigenvalue weighted by molar-refractivity contribution is 6.28. The molecule has 1 N–H and O–H groups in total. The van der Waals surface area contributed by atoms with E-state index in [1.807, 2.05) is 6.07 Å². The van der Waals surface area contributed by atoms with E-state index < -0.39 is 0 Å². The number of nitrogens with one attached hydrogen (secondary N) is 1. The molecule has 0 aromatic carbocycles. The molecule has 1 saturated heterocycles. The summed E-state index contributed by atoms with van der Waals surface area (Å²) in [7, 11) is 0. The van der Waals surface area contributed by atoms with Gasteiger partial charge in [0.05, 0.1) is 6.61 Å². The van der Waals surface area contributed by atoms with Gasteiger partial charge < -0.3 is 9.15 Å². The topological polar surface area (TPSA) is 34.4 Å². The Labute approximate surface area is 75.6 Å². The quantitative estimate of drug-likeness (QED) is 0.730. The molecule has 1 aliphatic rings. The lowest BCUT2D eigenvalue weighted by Gasteiger charge is -2.05. The van der Waals surface area contributed by atoms with E-state index in [9.17, 15) is 0 Å². The number of hydrogen-bond acceptors (Lipinski definition) is 3.